The molecule has 0 saturated heterocycles. The van der Waals surface area contributed by atoms with Gasteiger partial charge >= 0.3 is 0 Å². The van der Waals surface area contributed by atoms with Gasteiger partial charge in [-0.15, -0.1) is 0 Å². The van der Waals surface area contributed by atoms with Crippen LogP contribution >= 0.6 is 0 Å². The smallest absolute Gasteiger partial charge is 0.262 e. The molecule has 3 N–H and O–H groups in total. The Kier molecular flexibility index (Phi) is 6.12. The van der Waals surface area contributed by atoms with Gasteiger partial charge in [-0.3, -0.25) is 9.59 Å². The normalized spacial score (nSPS) is 12.2. The Bertz CT molecular complexity index is 1260. The molecule has 32 heavy (non-hydrogen) atoms. The van der Waals surface area contributed by atoms with E-state index in [9.17, 15) is 14.7 Å². The number of carbonyl (C=O) groups excluding carboxylic acids is 2. The topological polar surface area (TPSA) is 90.8 Å². The van der Waals surface area contributed by atoms with Crippen molar-refractivity contribution in [3.63, 3.8) is 0 Å². The molecular formula is C26H23N3O3. The van der Waals surface area contributed by atoms with Crippen molar-refractivity contribution >= 4 is 39.6 Å². The number of hydrazone groups is 1. The second-order valence-electron chi connectivity index (χ2n) is 7.59. The number of phenols is 1. The highest BCUT2D eigenvalue weighted by atomic mass is 16.3. The SMILES string of the molecule is CC(=O)N[C@H](Cc1ccc(O)cc1)C(=O)N/N=C/c1c2ccccc2cc2ccccc12. The van der Waals surface area contributed by atoms with E-state index >= 15 is 0 Å². The maximum atomic E-state index is 12.8. The maximum absolute atomic E-state index is 12.8. The van der Waals surface area contributed by atoms with Crippen molar-refractivity contribution in [2.24, 2.45) is 5.10 Å². The summed E-state index contributed by atoms with van der Waals surface area (Å²) in [6, 6.07) is 23.9. The number of aromatic hydroxyl groups is 1. The summed E-state index contributed by atoms with van der Waals surface area (Å²) < 4.78 is 0. The fraction of sp³-hybridized carbons (Fsp3) is 0.115. The Morgan fingerprint density at radius 3 is 2.12 bits per heavy atom. The standard InChI is InChI=1S/C26H23N3O3/c1-17(30)28-25(14-18-10-12-21(31)13-11-18)26(32)29-27-16-24-22-8-4-2-6-19(22)15-20-7-3-5-9-23(20)24/h2-13,15-16,25,31H,14H2,1H3,(H,28,30)(H,29,32)/b27-16+/t25-/m1/s1. The Morgan fingerprint density at radius 2 is 1.53 bits per heavy atom. The van der Waals surface area contributed by atoms with Gasteiger partial charge < -0.3 is 10.4 Å². The Balaban J connectivity index is 1.58. The molecule has 160 valence electrons. The Labute approximate surface area is 185 Å². The average Bonchev–Trinajstić information content (AvgIpc) is 2.79. The van der Waals surface area contributed by atoms with E-state index in [2.05, 4.69) is 21.9 Å². The summed E-state index contributed by atoms with van der Waals surface area (Å²) in [4.78, 5) is 24.4. The number of hydrogen-bond acceptors (Lipinski definition) is 4. The number of benzene rings is 4. The fourth-order valence-electron chi connectivity index (χ4n) is 3.75. The zero-order chi connectivity index (χ0) is 22.5. The van der Waals surface area contributed by atoms with Gasteiger partial charge in [-0.1, -0.05) is 60.7 Å². The molecule has 4 aromatic rings. The van der Waals surface area contributed by atoms with Crippen molar-refractivity contribution in [2.75, 3.05) is 0 Å². The molecular weight excluding hydrogens is 402 g/mol. The lowest BCUT2D eigenvalue weighted by molar-refractivity contribution is -0.128. The first-order valence-corrected chi connectivity index (χ1v) is 10.3. The van der Waals surface area contributed by atoms with E-state index in [4.69, 9.17) is 0 Å². The summed E-state index contributed by atoms with van der Waals surface area (Å²) in [5.74, 6) is -0.594. The van der Waals surface area contributed by atoms with Crippen molar-refractivity contribution < 1.29 is 14.7 Å². The van der Waals surface area contributed by atoms with E-state index in [-0.39, 0.29) is 18.1 Å². The molecule has 6 nitrogen and oxygen atoms in total. The number of rotatable bonds is 6. The van der Waals surface area contributed by atoms with Gasteiger partial charge in [0.2, 0.25) is 5.91 Å². The molecule has 6 heteroatoms. The average molecular weight is 425 g/mol. The number of nitrogens with one attached hydrogen (secondary N) is 2. The summed E-state index contributed by atoms with van der Waals surface area (Å²) in [6.07, 6.45) is 1.92. The van der Waals surface area contributed by atoms with Crippen LogP contribution in [0, 0.1) is 0 Å². The second-order valence-corrected chi connectivity index (χ2v) is 7.59. The molecule has 0 spiro atoms. The van der Waals surface area contributed by atoms with Crippen LogP contribution in [-0.4, -0.2) is 29.2 Å². The molecule has 0 aromatic heterocycles. The van der Waals surface area contributed by atoms with Gasteiger partial charge in [-0.05, 0) is 45.3 Å². The minimum Gasteiger partial charge on any atom is -0.508 e. The van der Waals surface area contributed by atoms with E-state index in [0.29, 0.717) is 0 Å². The number of nitrogens with zero attached hydrogens (tertiary/aromatic N) is 1. The molecule has 4 rings (SSSR count). The molecule has 0 aliphatic heterocycles. The summed E-state index contributed by atoms with van der Waals surface area (Å²) in [7, 11) is 0. The van der Waals surface area contributed by atoms with Gasteiger partial charge in [-0.2, -0.15) is 5.10 Å². The van der Waals surface area contributed by atoms with Crippen LogP contribution in [0.25, 0.3) is 21.5 Å². The summed E-state index contributed by atoms with van der Waals surface area (Å²) in [5.41, 5.74) is 4.28. The first kappa shape index (κ1) is 21.1. The van der Waals surface area contributed by atoms with Crippen molar-refractivity contribution in [1.82, 2.24) is 10.7 Å². The van der Waals surface area contributed by atoms with Crippen LogP contribution in [0.3, 0.4) is 0 Å². The largest absolute Gasteiger partial charge is 0.508 e. The summed E-state index contributed by atoms with van der Waals surface area (Å²) in [6.45, 7) is 1.36. The van der Waals surface area contributed by atoms with Crippen LogP contribution < -0.4 is 10.7 Å². The highest BCUT2D eigenvalue weighted by molar-refractivity contribution is 6.13. The number of hydrogen-bond donors (Lipinski definition) is 3. The molecule has 4 aromatic carbocycles. The number of carbonyl (C=O) groups is 2. The minimum absolute atomic E-state index is 0.140. The second kappa shape index (κ2) is 9.31. The lowest BCUT2D eigenvalue weighted by Crippen LogP contribution is -2.46. The van der Waals surface area contributed by atoms with Gasteiger partial charge in [0.15, 0.2) is 0 Å². The van der Waals surface area contributed by atoms with E-state index in [1.165, 1.54) is 6.92 Å². The fourth-order valence-corrected chi connectivity index (χ4v) is 3.75. The highest BCUT2D eigenvalue weighted by Crippen LogP contribution is 2.27. The Morgan fingerprint density at radius 1 is 0.938 bits per heavy atom. The molecule has 1 atom stereocenters. The molecule has 0 fully saturated rings. The van der Waals surface area contributed by atoms with Crippen LogP contribution in [0.1, 0.15) is 18.1 Å². The molecule has 2 amide bonds. The molecule has 0 saturated carbocycles. The van der Waals surface area contributed by atoms with Crippen LogP contribution in [0.2, 0.25) is 0 Å². The Hall–Kier alpha value is -4.19. The third-order valence-electron chi connectivity index (χ3n) is 5.25. The van der Waals surface area contributed by atoms with Crippen LogP contribution in [-0.2, 0) is 16.0 Å². The quantitative estimate of drug-likeness (QED) is 0.249. The third-order valence-corrected chi connectivity index (χ3v) is 5.25. The van der Waals surface area contributed by atoms with E-state index < -0.39 is 11.9 Å². The van der Waals surface area contributed by atoms with Gasteiger partial charge in [0.25, 0.3) is 5.91 Å². The van der Waals surface area contributed by atoms with Crippen LogP contribution in [0.5, 0.6) is 5.75 Å². The van der Waals surface area contributed by atoms with E-state index in [1.807, 2.05) is 48.5 Å². The third kappa shape index (κ3) is 4.75. The predicted molar refractivity (Wildman–Crippen MR) is 127 cm³/mol. The predicted octanol–water partition coefficient (Wildman–Crippen LogP) is 3.90. The molecule has 0 aliphatic carbocycles. The van der Waals surface area contributed by atoms with Gasteiger partial charge in [0, 0.05) is 18.9 Å². The van der Waals surface area contributed by atoms with E-state index in [1.54, 1.807) is 30.5 Å². The highest BCUT2D eigenvalue weighted by Gasteiger charge is 2.19. The minimum atomic E-state index is -0.793. The summed E-state index contributed by atoms with van der Waals surface area (Å²) >= 11 is 0. The van der Waals surface area contributed by atoms with Crippen molar-refractivity contribution in [3.05, 3.63) is 90.0 Å². The molecule has 0 radical (unpaired) electrons. The van der Waals surface area contributed by atoms with Crippen molar-refractivity contribution in [3.8, 4) is 5.75 Å². The maximum Gasteiger partial charge on any atom is 0.262 e. The van der Waals surface area contributed by atoms with Gasteiger partial charge in [0.1, 0.15) is 11.8 Å². The first-order chi connectivity index (χ1) is 15.5. The van der Waals surface area contributed by atoms with Crippen LogP contribution in [0.4, 0.5) is 0 Å². The zero-order valence-corrected chi connectivity index (χ0v) is 17.6. The number of phenolic OH excluding ortho intramolecular Hbond substituents is 1. The monoisotopic (exact) mass is 425 g/mol. The molecule has 0 unspecified atom stereocenters. The lowest BCUT2D eigenvalue weighted by atomic mass is 9.97. The van der Waals surface area contributed by atoms with Gasteiger partial charge in [-0.25, -0.2) is 5.43 Å². The molecule has 0 aliphatic rings. The molecule has 0 bridgehead atoms. The summed E-state index contributed by atoms with van der Waals surface area (Å²) in [5, 5.41) is 20.6. The van der Waals surface area contributed by atoms with E-state index in [0.717, 1.165) is 32.7 Å². The molecule has 0 heterocycles. The van der Waals surface area contributed by atoms with Crippen LogP contribution in [0.15, 0.2) is 84.0 Å². The number of amides is 2. The first-order valence-electron chi connectivity index (χ1n) is 10.3. The van der Waals surface area contributed by atoms with Crippen molar-refractivity contribution in [2.45, 2.75) is 19.4 Å². The van der Waals surface area contributed by atoms with Gasteiger partial charge in [0.05, 0.1) is 6.21 Å². The lowest BCUT2D eigenvalue weighted by Gasteiger charge is -2.16. The zero-order valence-electron chi connectivity index (χ0n) is 17.6. The van der Waals surface area contributed by atoms with Crippen molar-refractivity contribution in [1.29, 1.82) is 0 Å². The number of fused-ring (bicyclic) bond motifs is 2.